The standard InChI is InChI=1S/C14H21N5O2S/c1-2-8-19-10-15-18-14(19)22-9-7-12(20)17-13(21)16-11-5-3-4-6-11/h2,10-11H,1,3-9H2,(H2,16,17,20,21). The average Bonchev–Trinajstić information content (AvgIpc) is 3.11. The molecule has 0 unspecified atom stereocenters. The lowest BCUT2D eigenvalue weighted by molar-refractivity contribution is -0.119. The third kappa shape index (κ3) is 5.18. The summed E-state index contributed by atoms with van der Waals surface area (Å²) in [5, 5.41) is 13.7. The SMILES string of the molecule is C=CCn1cnnc1SCCC(=O)NC(=O)NC1CCCC1. The van der Waals surface area contributed by atoms with Crippen molar-refractivity contribution in [3.63, 3.8) is 0 Å². The molecule has 120 valence electrons. The first-order valence-electron chi connectivity index (χ1n) is 7.41. The lowest BCUT2D eigenvalue weighted by Gasteiger charge is -2.12. The van der Waals surface area contributed by atoms with E-state index in [0.717, 1.165) is 30.8 Å². The van der Waals surface area contributed by atoms with Crippen molar-refractivity contribution in [2.45, 2.75) is 49.8 Å². The smallest absolute Gasteiger partial charge is 0.321 e. The zero-order valence-corrected chi connectivity index (χ0v) is 13.3. The van der Waals surface area contributed by atoms with Crippen molar-refractivity contribution in [3.05, 3.63) is 19.0 Å². The van der Waals surface area contributed by atoms with E-state index in [0.29, 0.717) is 12.3 Å². The molecule has 1 heterocycles. The summed E-state index contributed by atoms with van der Waals surface area (Å²) in [7, 11) is 0. The Balaban J connectivity index is 1.65. The molecular weight excluding hydrogens is 302 g/mol. The number of rotatable bonds is 7. The summed E-state index contributed by atoms with van der Waals surface area (Å²) in [6.45, 7) is 4.30. The third-order valence-corrected chi connectivity index (χ3v) is 4.39. The molecule has 1 aromatic heterocycles. The third-order valence-electron chi connectivity index (χ3n) is 3.41. The molecule has 2 N–H and O–H groups in total. The molecule has 2 rings (SSSR count). The van der Waals surface area contributed by atoms with Crippen LogP contribution >= 0.6 is 11.8 Å². The summed E-state index contributed by atoms with van der Waals surface area (Å²) in [5.41, 5.74) is 0. The van der Waals surface area contributed by atoms with Gasteiger partial charge in [-0.1, -0.05) is 30.7 Å². The number of imide groups is 1. The van der Waals surface area contributed by atoms with Gasteiger partial charge in [-0.15, -0.1) is 16.8 Å². The molecule has 1 aliphatic rings. The Morgan fingerprint density at radius 2 is 2.23 bits per heavy atom. The molecule has 1 fully saturated rings. The number of nitrogens with zero attached hydrogens (tertiary/aromatic N) is 3. The molecule has 3 amide bonds. The molecule has 0 spiro atoms. The first-order chi connectivity index (χ1) is 10.7. The molecule has 0 radical (unpaired) electrons. The summed E-state index contributed by atoms with van der Waals surface area (Å²) in [6.07, 6.45) is 7.91. The van der Waals surface area contributed by atoms with Gasteiger partial charge >= 0.3 is 6.03 Å². The van der Waals surface area contributed by atoms with Gasteiger partial charge in [-0.3, -0.25) is 10.1 Å². The number of aromatic nitrogens is 3. The predicted molar refractivity (Wildman–Crippen MR) is 84.5 cm³/mol. The van der Waals surface area contributed by atoms with Crippen LogP contribution in [0.2, 0.25) is 0 Å². The van der Waals surface area contributed by atoms with E-state index in [2.05, 4.69) is 27.4 Å². The van der Waals surface area contributed by atoms with Crippen molar-refractivity contribution in [1.29, 1.82) is 0 Å². The van der Waals surface area contributed by atoms with Crippen LogP contribution in [-0.2, 0) is 11.3 Å². The van der Waals surface area contributed by atoms with E-state index < -0.39 is 6.03 Å². The molecule has 7 nitrogen and oxygen atoms in total. The second-order valence-electron chi connectivity index (χ2n) is 5.16. The van der Waals surface area contributed by atoms with Gasteiger partial charge in [0.1, 0.15) is 6.33 Å². The van der Waals surface area contributed by atoms with Gasteiger partial charge in [0.15, 0.2) is 5.16 Å². The molecule has 1 aromatic rings. The molecule has 0 atom stereocenters. The van der Waals surface area contributed by atoms with Crippen LogP contribution < -0.4 is 10.6 Å². The summed E-state index contributed by atoms with van der Waals surface area (Å²) in [4.78, 5) is 23.4. The number of hydrogen-bond donors (Lipinski definition) is 2. The Labute approximate surface area is 133 Å². The largest absolute Gasteiger partial charge is 0.335 e. The summed E-state index contributed by atoms with van der Waals surface area (Å²) in [6, 6.07) is -0.184. The van der Waals surface area contributed by atoms with Crippen molar-refractivity contribution in [2.24, 2.45) is 0 Å². The molecule has 22 heavy (non-hydrogen) atoms. The van der Waals surface area contributed by atoms with Gasteiger partial charge in [-0.25, -0.2) is 4.79 Å². The normalized spacial score (nSPS) is 14.7. The van der Waals surface area contributed by atoms with E-state index in [4.69, 9.17) is 0 Å². The van der Waals surface area contributed by atoms with Gasteiger partial charge in [-0.2, -0.15) is 0 Å². The molecule has 8 heteroatoms. The highest BCUT2D eigenvalue weighted by molar-refractivity contribution is 7.99. The maximum absolute atomic E-state index is 11.7. The maximum atomic E-state index is 11.7. The minimum absolute atomic E-state index is 0.208. The van der Waals surface area contributed by atoms with E-state index in [-0.39, 0.29) is 18.4 Å². The molecule has 0 saturated heterocycles. The van der Waals surface area contributed by atoms with Crippen LogP contribution in [0.15, 0.2) is 24.1 Å². The van der Waals surface area contributed by atoms with Crippen molar-refractivity contribution >= 4 is 23.7 Å². The number of urea groups is 1. The van der Waals surface area contributed by atoms with Gasteiger partial charge < -0.3 is 9.88 Å². The summed E-state index contributed by atoms with van der Waals surface area (Å²) in [5.74, 6) is 0.260. The highest BCUT2D eigenvalue weighted by atomic mass is 32.2. The number of hydrogen-bond acceptors (Lipinski definition) is 5. The number of amides is 3. The Morgan fingerprint density at radius 1 is 1.45 bits per heavy atom. The van der Waals surface area contributed by atoms with Crippen molar-refractivity contribution in [1.82, 2.24) is 25.4 Å². The lowest BCUT2D eigenvalue weighted by Crippen LogP contribution is -2.43. The molecule has 1 aliphatic carbocycles. The van der Waals surface area contributed by atoms with Gasteiger partial charge in [0.05, 0.1) is 0 Å². The van der Waals surface area contributed by atoms with E-state index in [1.807, 2.05) is 4.57 Å². The second kappa shape index (κ2) is 8.57. The number of carbonyl (C=O) groups excluding carboxylic acids is 2. The van der Waals surface area contributed by atoms with Crippen LogP contribution in [0.4, 0.5) is 4.79 Å². The van der Waals surface area contributed by atoms with E-state index >= 15 is 0 Å². The minimum atomic E-state index is -0.392. The number of thioether (sulfide) groups is 1. The quantitative estimate of drug-likeness (QED) is 0.589. The predicted octanol–water partition coefficient (Wildman–Crippen LogP) is 1.71. The Bertz CT molecular complexity index is 525. The molecular formula is C14H21N5O2S. The van der Waals surface area contributed by atoms with Gasteiger partial charge in [0.2, 0.25) is 5.91 Å². The monoisotopic (exact) mass is 323 g/mol. The van der Waals surface area contributed by atoms with E-state index in [1.165, 1.54) is 11.8 Å². The van der Waals surface area contributed by atoms with Crippen LogP contribution in [0.3, 0.4) is 0 Å². The van der Waals surface area contributed by atoms with Gasteiger partial charge in [0.25, 0.3) is 0 Å². The maximum Gasteiger partial charge on any atom is 0.321 e. The van der Waals surface area contributed by atoms with Crippen LogP contribution in [0, 0.1) is 0 Å². The highest BCUT2D eigenvalue weighted by Crippen LogP contribution is 2.17. The van der Waals surface area contributed by atoms with Crippen LogP contribution in [-0.4, -0.2) is 38.5 Å². The number of allylic oxidation sites excluding steroid dienone is 1. The summed E-state index contributed by atoms with van der Waals surface area (Å²) < 4.78 is 1.85. The summed E-state index contributed by atoms with van der Waals surface area (Å²) >= 11 is 1.43. The fourth-order valence-electron chi connectivity index (χ4n) is 2.34. The van der Waals surface area contributed by atoms with Crippen molar-refractivity contribution in [2.75, 3.05) is 5.75 Å². The first-order valence-corrected chi connectivity index (χ1v) is 8.39. The van der Waals surface area contributed by atoms with Crippen LogP contribution in [0.1, 0.15) is 32.1 Å². The second-order valence-corrected chi connectivity index (χ2v) is 6.22. The molecule has 0 aromatic carbocycles. The zero-order valence-electron chi connectivity index (χ0n) is 12.5. The van der Waals surface area contributed by atoms with Gasteiger partial charge in [0, 0.05) is 24.8 Å². The number of carbonyl (C=O) groups is 2. The topological polar surface area (TPSA) is 88.9 Å². The van der Waals surface area contributed by atoms with Crippen molar-refractivity contribution < 1.29 is 9.59 Å². The lowest BCUT2D eigenvalue weighted by atomic mass is 10.2. The molecule has 0 aliphatic heterocycles. The van der Waals surface area contributed by atoms with Crippen LogP contribution in [0.25, 0.3) is 0 Å². The molecule has 1 saturated carbocycles. The van der Waals surface area contributed by atoms with Crippen LogP contribution in [0.5, 0.6) is 0 Å². The Hall–Kier alpha value is -1.83. The average molecular weight is 323 g/mol. The first kappa shape index (κ1) is 16.5. The molecule has 0 bridgehead atoms. The highest BCUT2D eigenvalue weighted by Gasteiger charge is 2.18. The zero-order chi connectivity index (χ0) is 15.8. The van der Waals surface area contributed by atoms with Gasteiger partial charge in [-0.05, 0) is 12.8 Å². The van der Waals surface area contributed by atoms with E-state index in [9.17, 15) is 9.59 Å². The minimum Gasteiger partial charge on any atom is -0.335 e. The van der Waals surface area contributed by atoms with Crippen molar-refractivity contribution in [3.8, 4) is 0 Å². The Kier molecular flexibility index (Phi) is 6.45. The fraction of sp³-hybridized carbons (Fsp3) is 0.571. The number of nitrogens with one attached hydrogen (secondary N) is 2. The van der Waals surface area contributed by atoms with E-state index in [1.54, 1.807) is 12.4 Å². The fourth-order valence-corrected chi connectivity index (χ4v) is 3.20. The Morgan fingerprint density at radius 3 is 2.95 bits per heavy atom.